The predicted molar refractivity (Wildman–Crippen MR) is 50.4 cm³/mol. The maximum Gasteiger partial charge on any atom is 0.197 e. The lowest BCUT2D eigenvalue weighted by Crippen LogP contribution is -2.25. The second kappa shape index (κ2) is 3.50. The van der Waals surface area contributed by atoms with Crippen LogP contribution in [0.2, 0.25) is 0 Å². The van der Waals surface area contributed by atoms with Gasteiger partial charge in [-0.2, -0.15) is 0 Å². The van der Waals surface area contributed by atoms with Gasteiger partial charge in [-0.25, -0.2) is 4.98 Å². The molecule has 2 rings (SSSR count). The maximum absolute atomic E-state index is 5.83. The Morgan fingerprint density at radius 1 is 1.38 bits per heavy atom. The minimum atomic E-state index is 0.396. The number of nitrogens with zero attached hydrogens (tertiary/aromatic N) is 1. The molecule has 2 N–H and O–H groups in total. The van der Waals surface area contributed by atoms with Gasteiger partial charge in [0.2, 0.25) is 0 Å². The summed E-state index contributed by atoms with van der Waals surface area (Å²) in [4.78, 5) is 4.35. The Balaban J connectivity index is 2.02. The quantitative estimate of drug-likeness (QED) is 0.718. The van der Waals surface area contributed by atoms with Crippen molar-refractivity contribution < 1.29 is 4.42 Å². The third kappa shape index (κ3) is 1.91. The molecule has 0 amide bonds. The van der Waals surface area contributed by atoms with Crippen LogP contribution in [0.25, 0.3) is 0 Å². The molecule has 1 aliphatic rings. The number of nitrogens with two attached hydrogens (primary N) is 1. The number of hydrogen-bond donors (Lipinski definition) is 1. The summed E-state index contributed by atoms with van der Waals surface area (Å²) in [6.07, 6.45) is 6.18. The summed E-state index contributed by atoms with van der Waals surface area (Å²) in [5, 5.41) is 0. The molecule has 1 heterocycles. The van der Waals surface area contributed by atoms with E-state index in [1.807, 2.05) is 6.92 Å². The monoisotopic (exact) mass is 180 g/mol. The normalized spacial score (nSPS) is 29.1. The minimum absolute atomic E-state index is 0.396. The van der Waals surface area contributed by atoms with Gasteiger partial charge in [0.05, 0.1) is 5.69 Å². The molecule has 3 heteroatoms. The molecule has 0 aliphatic heterocycles. The topological polar surface area (TPSA) is 52.0 Å². The molecule has 1 aromatic rings. The molecular formula is C10H16N2O. The standard InChI is InChI=1S/C10H16N2O/c1-7-6-13-10(12-7)8-2-4-9(11)5-3-8/h6,8-9H,2-5,11H2,1H3. The summed E-state index contributed by atoms with van der Waals surface area (Å²) in [6, 6.07) is 0.396. The molecule has 3 nitrogen and oxygen atoms in total. The van der Waals surface area contributed by atoms with E-state index in [1.165, 1.54) is 0 Å². The highest BCUT2D eigenvalue weighted by Gasteiger charge is 2.23. The van der Waals surface area contributed by atoms with Crippen LogP contribution in [0, 0.1) is 6.92 Å². The van der Waals surface area contributed by atoms with Gasteiger partial charge in [-0.15, -0.1) is 0 Å². The Morgan fingerprint density at radius 3 is 2.62 bits per heavy atom. The molecular weight excluding hydrogens is 164 g/mol. The lowest BCUT2D eigenvalue weighted by Gasteiger charge is -2.23. The summed E-state index contributed by atoms with van der Waals surface area (Å²) in [7, 11) is 0. The van der Waals surface area contributed by atoms with Crippen LogP contribution in [0.5, 0.6) is 0 Å². The largest absolute Gasteiger partial charge is 0.448 e. The van der Waals surface area contributed by atoms with Gasteiger partial charge < -0.3 is 10.2 Å². The highest BCUT2D eigenvalue weighted by atomic mass is 16.3. The summed E-state index contributed by atoms with van der Waals surface area (Å²) in [5.74, 6) is 1.41. The maximum atomic E-state index is 5.83. The van der Waals surface area contributed by atoms with Gasteiger partial charge in [-0.05, 0) is 32.6 Å². The van der Waals surface area contributed by atoms with Crippen molar-refractivity contribution in [2.45, 2.75) is 44.6 Å². The molecule has 72 valence electrons. The first-order chi connectivity index (χ1) is 6.25. The summed E-state index contributed by atoms with van der Waals surface area (Å²) in [5.41, 5.74) is 6.81. The third-order valence-electron chi connectivity index (χ3n) is 2.76. The predicted octanol–water partition coefficient (Wildman–Crippen LogP) is 1.97. The van der Waals surface area contributed by atoms with Gasteiger partial charge in [0.25, 0.3) is 0 Å². The van der Waals surface area contributed by atoms with E-state index < -0.39 is 0 Å². The average Bonchev–Trinajstić information content (AvgIpc) is 2.53. The molecule has 0 unspecified atom stereocenters. The Kier molecular flexibility index (Phi) is 2.36. The second-order valence-electron chi connectivity index (χ2n) is 3.94. The zero-order valence-electron chi connectivity index (χ0n) is 7.99. The van der Waals surface area contributed by atoms with Gasteiger partial charge in [-0.3, -0.25) is 0 Å². The van der Waals surface area contributed by atoms with Crippen LogP contribution in [0.1, 0.15) is 43.2 Å². The fraction of sp³-hybridized carbons (Fsp3) is 0.700. The van der Waals surface area contributed by atoms with Crippen molar-refractivity contribution in [1.82, 2.24) is 4.98 Å². The first-order valence-corrected chi connectivity index (χ1v) is 4.93. The van der Waals surface area contributed by atoms with E-state index in [0.717, 1.165) is 37.3 Å². The van der Waals surface area contributed by atoms with Gasteiger partial charge >= 0.3 is 0 Å². The minimum Gasteiger partial charge on any atom is -0.448 e. The van der Waals surface area contributed by atoms with Crippen molar-refractivity contribution in [1.29, 1.82) is 0 Å². The van der Waals surface area contributed by atoms with E-state index in [4.69, 9.17) is 10.2 Å². The first-order valence-electron chi connectivity index (χ1n) is 4.93. The van der Waals surface area contributed by atoms with Gasteiger partial charge in [0.1, 0.15) is 6.26 Å². The van der Waals surface area contributed by atoms with Crippen molar-refractivity contribution in [3.05, 3.63) is 17.8 Å². The molecule has 0 saturated heterocycles. The Morgan fingerprint density at radius 2 is 2.08 bits per heavy atom. The van der Waals surface area contributed by atoms with E-state index in [1.54, 1.807) is 6.26 Å². The highest BCUT2D eigenvalue weighted by Crippen LogP contribution is 2.31. The van der Waals surface area contributed by atoms with Crippen LogP contribution in [0.4, 0.5) is 0 Å². The fourth-order valence-corrected chi connectivity index (χ4v) is 1.93. The van der Waals surface area contributed by atoms with Crippen LogP contribution >= 0.6 is 0 Å². The Hall–Kier alpha value is -0.830. The van der Waals surface area contributed by atoms with Crippen molar-refractivity contribution in [3.63, 3.8) is 0 Å². The molecule has 0 atom stereocenters. The third-order valence-corrected chi connectivity index (χ3v) is 2.76. The van der Waals surface area contributed by atoms with Crippen LogP contribution in [-0.2, 0) is 0 Å². The summed E-state index contributed by atoms with van der Waals surface area (Å²) < 4.78 is 5.39. The zero-order chi connectivity index (χ0) is 9.26. The molecule has 0 aromatic carbocycles. The van der Waals surface area contributed by atoms with Crippen LogP contribution < -0.4 is 5.73 Å². The van der Waals surface area contributed by atoms with Crippen molar-refractivity contribution in [2.24, 2.45) is 5.73 Å². The Labute approximate surface area is 78.3 Å². The molecule has 1 fully saturated rings. The molecule has 1 aliphatic carbocycles. The number of rotatable bonds is 1. The molecule has 0 spiro atoms. The van der Waals surface area contributed by atoms with Crippen LogP contribution in [0.15, 0.2) is 10.7 Å². The van der Waals surface area contributed by atoms with Crippen LogP contribution in [-0.4, -0.2) is 11.0 Å². The first kappa shape index (κ1) is 8.75. The number of aryl methyl sites for hydroxylation is 1. The number of hydrogen-bond acceptors (Lipinski definition) is 3. The van der Waals surface area contributed by atoms with Crippen molar-refractivity contribution >= 4 is 0 Å². The molecule has 13 heavy (non-hydrogen) atoms. The van der Waals surface area contributed by atoms with E-state index in [9.17, 15) is 0 Å². The molecule has 1 aromatic heterocycles. The van der Waals surface area contributed by atoms with Gasteiger partial charge in [0.15, 0.2) is 5.89 Å². The van der Waals surface area contributed by atoms with E-state index >= 15 is 0 Å². The SMILES string of the molecule is Cc1coc(C2CCC(N)CC2)n1. The molecule has 0 bridgehead atoms. The summed E-state index contributed by atoms with van der Waals surface area (Å²) in [6.45, 7) is 1.96. The lowest BCUT2D eigenvalue weighted by atomic mass is 9.86. The average molecular weight is 180 g/mol. The second-order valence-corrected chi connectivity index (χ2v) is 3.94. The van der Waals surface area contributed by atoms with E-state index in [0.29, 0.717) is 12.0 Å². The highest BCUT2D eigenvalue weighted by molar-refractivity contribution is 5.00. The molecule has 1 saturated carbocycles. The van der Waals surface area contributed by atoms with Crippen molar-refractivity contribution in [2.75, 3.05) is 0 Å². The van der Waals surface area contributed by atoms with E-state index in [2.05, 4.69) is 4.98 Å². The van der Waals surface area contributed by atoms with Crippen molar-refractivity contribution in [3.8, 4) is 0 Å². The Bertz CT molecular complexity index is 274. The van der Waals surface area contributed by atoms with Crippen LogP contribution in [0.3, 0.4) is 0 Å². The molecule has 0 radical (unpaired) electrons. The van der Waals surface area contributed by atoms with Gasteiger partial charge in [0, 0.05) is 12.0 Å². The lowest BCUT2D eigenvalue weighted by molar-refractivity contribution is 0.339. The summed E-state index contributed by atoms with van der Waals surface area (Å²) >= 11 is 0. The fourth-order valence-electron chi connectivity index (χ4n) is 1.93. The smallest absolute Gasteiger partial charge is 0.197 e. The number of oxazole rings is 1. The van der Waals surface area contributed by atoms with E-state index in [-0.39, 0.29) is 0 Å². The zero-order valence-corrected chi connectivity index (χ0v) is 7.99. The van der Waals surface area contributed by atoms with Gasteiger partial charge in [-0.1, -0.05) is 0 Å². The number of aromatic nitrogens is 1.